The van der Waals surface area contributed by atoms with Crippen LogP contribution < -0.4 is 19.7 Å². The summed E-state index contributed by atoms with van der Waals surface area (Å²) in [6.45, 7) is -0.417. The van der Waals surface area contributed by atoms with Crippen LogP contribution in [0.1, 0.15) is 6.42 Å². The molecule has 9 heteroatoms. The maximum atomic E-state index is 13.2. The number of ether oxygens (including phenoxy) is 2. The van der Waals surface area contributed by atoms with Gasteiger partial charge in [-0.3, -0.25) is 14.5 Å². The highest BCUT2D eigenvalue weighted by atomic mass is 35.5. The van der Waals surface area contributed by atoms with Gasteiger partial charge < -0.3 is 14.8 Å². The van der Waals surface area contributed by atoms with Gasteiger partial charge in [0.2, 0.25) is 5.91 Å². The van der Waals surface area contributed by atoms with E-state index in [2.05, 4.69) is 5.32 Å². The fourth-order valence-electron chi connectivity index (χ4n) is 3.39. The number of para-hydroxylation sites is 3. The zero-order valence-electron chi connectivity index (χ0n) is 17.2. The molecule has 3 aromatic carbocycles. The third-order valence-electron chi connectivity index (χ3n) is 4.87. The van der Waals surface area contributed by atoms with Crippen molar-refractivity contribution in [3.63, 3.8) is 0 Å². The second-order valence-corrected chi connectivity index (χ2v) is 7.99. The second-order valence-electron chi connectivity index (χ2n) is 7.15. The molecule has 1 N–H and O–H groups in total. The van der Waals surface area contributed by atoms with Gasteiger partial charge in [0, 0.05) is 10.7 Å². The Morgan fingerprint density at radius 3 is 2.48 bits per heavy atom. The fourth-order valence-corrected chi connectivity index (χ4v) is 3.85. The van der Waals surface area contributed by atoms with E-state index in [0.717, 1.165) is 0 Å². The number of nitrogens with one attached hydrogen (secondary N) is 1. The summed E-state index contributed by atoms with van der Waals surface area (Å²) in [5.74, 6) is -1.21. The van der Waals surface area contributed by atoms with E-state index in [-0.39, 0.29) is 22.9 Å². The number of halogens is 2. The van der Waals surface area contributed by atoms with Gasteiger partial charge in [0.05, 0.1) is 17.1 Å². The summed E-state index contributed by atoms with van der Waals surface area (Å²) in [5.41, 5.74) is 0.941. The third kappa shape index (κ3) is 5.27. The number of hydrogen-bond donors (Lipinski definition) is 1. The van der Waals surface area contributed by atoms with Crippen molar-refractivity contribution in [1.29, 1.82) is 0 Å². The van der Waals surface area contributed by atoms with E-state index >= 15 is 0 Å². The lowest BCUT2D eigenvalue weighted by Gasteiger charge is -2.34. The summed E-state index contributed by atoms with van der Waals surface area (Å²) in [4.78, 5) is 39.8. The first-order valence-electron chi connectivity index (χ1n) is 9.98. The van der Waals surface area contributed by atoms with E-state index in [1.54, 1.807) is 60.7 Å². The molecule has 0 radical (unpaired) electrons. The first-order chi connectivity index (χ1) is 15.9. The lowest BCUT2D eigenvalue weighted by molar-refractivity contribution is -0.140. The van der Waals surface area contributed by atoms with E-state index in [0.29, 0.717) is 16.4 Å². The van der Waals surface area contributed by atoms with Crippen molar-refractivity contribution in [2.24, 2.45) is 0 Å². The molecule has 0 aliphatic carbocycles. The molecule has 1 aliphatic rings. The Bertz CT molecular complexity index is 1200. The number of anilines is 2. The molecule has 0 saturated heterocycles. The summed E-state index contributed by atoms with van der Waals surface area (Å²) < 4.78 is 11.0. The van der Waals surface area contributed by atoms with Crippen molar-refractivity contribution in [1.82, 2.24) is 0 Å². The molecule has 2 amide bonds. The van der Waals surface area contributed by atoms with Crippen LogP contribution in [0.15, 0.2) is 72.8 Å². The van der Waals surface area contributed by atoms with E-state index in [4.69, 9.17) is 32.7 Å². The molecule has 0 fully saturated rings. The molecule has 33 heavy (non-hydrogen) atoms. The molecular weight excluding hydrogens is 467 g/mol. The van der Waals surface area contributed by atoms with Gasteiger partial charge in [0.25, 0.3) is 5.91 Å². The Hall–Kier alpha value is -3.55. The fraction of sp³-hybridized carbons (Fsp3) is 0.125. The minimum atomic E-state index is -1.17. The van der Waals surface area contributed by atoms with E-state index in [9.17, 15) is 14.4 Å². The lowest BCUT2D eigenvalue weighted by Crippen LogP contribution is -2.52. The number of esters is 1. The van der Waals surface area contributed by atoms with Crippen LogP contribution in [0, 0.1) is 0 Å². The third-order valence-corrected chi connectivity index (χ3v) is 5.40. The Balaban J connectivity index is 1.56. The molecule has 168 valence electrons. The summed E-state index contributed by atoms with van der Waals surface area (Å²) in [5, 5.41) is 3.39. The molecule has 0 aromatic heterocycles. The normalized spacial score (nSPS) is 14.8. The first-order valence-corrected chi connectivity index (χ1v) is 10.7. The summed E-state index contributed by atoms with van der Waals surface area (Å²) >= 11 is 12.0. The zero-order valence-corrected chi connectivity index (χ0v) is 18.7. The minimum Gasteiger partial charge on any atom is -0.482 e. The van der Waals surface area contributed by atoms with Gasteiger partial charge in [-0.15, -0.1) is 0 Å². The van der Waals surface area contributed by atoms with Gasteiger partial charge in [-0.2, -0.15) is 0 Å². The SMILES string of the molecule is O=C(C[C@H]1C(=O)Oc2ccccc2N1C(=O)COc1ccc(Cl)cc1Cl)Nc1ccccc1. The number of nitrogens with zero attached hydrogens (tertiary/aromatic N) is 1. The molecule has 7 nitrogen and oxygen atoms in total. The number of hydrogen-bond acceptors (Lipinski definition) is 5. The predicted octanol–water partition coefficient (Wildman–Crippen LogP) is 4.72. The van der Waals surface area contributed by atoms with Crippen molar-refractivity contribution < 1.29 is 23.9 Å². The molecule has 0 saturated carbocycles. The van der Waals surface area contributed by atoms with Gasteiger partial charge >= 0.3 is 5.97 Å². The molecule has 1 atom stereocenters. The smallest absolute Gasteiger partial charge is 0.335 e. The summed E-state index contributed by atoms with van der Waals surface area (Å²) in [7, 11) is 0. The summed E-state index contributed by atoms with van der Waals surface area (Å²) in [6.07, 6.45) is -0.296. The van der Waals surface area contributed by atoms with E-state index in [1.165, 1.54) is 11.0 Å². The van der Waals surface area contributed by atoms with Crippen LogP contribution in [-0.2, 0) is 14.4 Å². The molecular formula is C24H18Cl2N2O5. The van der Waals surface area contributed by atoms with Crippen LogP contribution >= 0.6 is 23.2 Å². The quantitative estimate of drug-likeness (QED) is 0.404. The Morgan fingerprint density at radius 1 is 1.00 bits per heavy atom. The molecule has 3 aromatic rings. The van der Waals surface area contributed by atoms with Crippen LogP contribution in [0.4, 0.5) is 11.4 Å². The number of carbonyl (C=O) groups excluding carboxylic acids is 3. The standard InChI is InChI=1S/C24H18Cl2N2O5/c25-15-10-11-20(17(26)12-15)32-14-23(30)28-18-8-4-5-9-21(18)33-24(31)19(28)13-22(29)27-16-6-2-1-3-7-16/h1-12,19H,13-14H2,(H,27,29)/t19-/m0/s1. The van der Waals surface area contributed by atoms with Crippen molar-refractivity contribution in [3.05, 3.63) is 82.8 Å². The largest absolute Gasteiger partial charge is 0.482 e. The maximum Gasteiger partial charge on any atom is 0.335 e. The van der Waals surface area contributed by atoms with Crippen molar-refractivity contribution in [2.75, 3.05) is 16.8 Å². The van der Waals surface area contributed by atoms with Gasteiger partial charge in [0.1, 0.15) is 11.8 Å². The highest BCUT2D eigenvalue weighted by molar-refractivity contribution is 6.35. The number of benzene rings is 3. The van der Waals surface area contributed by atoms with E-state index < -0.39 is 30.4 Å². The van der Waals surface area contributed by atoms with Gasteiger partial charge in [-0.25, -0.2) is 4.79 Å². The Morgan fingerprint density at radius 2 is 1.73 bits per heavy atom. The molecule has 4 rings (SSSR count). The molecule has 0 unspecified atom stereocenters. The average molecular weight is 485 g/mol. The van der Waals surface area contributed by atoms with Crippen LogP contribution in [0.2, 0.25) is 10.0 Å². The first kappa shape index (κ1) is 22.6. The highest BCUT2D eigenvalue weighted by Gasteiger charge is 2.40. The van der Waals surface area contributed by atoms with Crippen LogP contribution in [0.5, 0.6) is 11.5 Å². The van der Waals surface area contributed by atoms with Crippen LogP contribution in [-0.4, -0.2) is 30.4 Å². The number of fused-ring (bicyclic) bond motifs is 1. The molecule has 1 heterocycles. The van der Waals surface area contributed by atoms with Gasteiger partial charge in [-0.05, 0) is 42.5 Å². The zero-order chi connectivity index (χ0) is 23.4. The lowest BCUT2D eigenvalue weighted by atomic mass is 10.1. The predicted molar refractivity (Wildman–Crippen MR) is 125 cm³/mol. The Kier molecular flexibility index (Phi) is 6.82. The monoisotopic (exact) mass is 484 g/mol. The van der Waals surface area contributed by atoms with Crippen molar-refractivity contribution >= 4 is 52.4 Å². The summed E-state index contributed by atoms with van der Waals surface area (Å²) in [6, 6.07) is 18.9. The van der Waals surface area contributed by atoms with Crippen molar-refractivity contribution in [2.45, 2.75) is 12.5 Å². The number of amides is 2. The Labute approximate surface area is 199 Å². The van der Waals surface area contributed by atoms with Gasteiger partial charge in [-0.1, -0.05) is 53.5 Å². The molecule has 0 spiro atoms. The number of rotatable bonds is 6. The van der Waals surface area contributed by atoms with E-state index in [1.807, 2.05) is 6.07 Å². The molecule has 0 bridgehead atoms. The second kappa shape index (κ2) is 9.94. The maximum absolute atomic E-state index is 13.2. The number of carbonyl (C=O) groups is 3. The highest BCUT2D eigenvalue weighted by Crippen LogP contribution is 2.35. The topological polar surface area (TPSA) is 84.9 Å². The minimum absolute atomic E-state index is 0.222. The molecule has 1 aliphatic heterocycles. The van der Waals surface area contributed by atoms with Crippen LogP contribution in [0.25, 0.3) is 0 Å². The van der Waals surface area contributed by atoms with Crippen LogP contribution in [0.3, 0.4) is 0 Å². The van der Waals surface area contributed by atoms with Crippen molar-refractivity contribution in [3.8, 4) is 11.5 Å². The van der Waals surface area contributed by atoms with Gasteiger partial charge in [0.15, 0.2) is 12.4 Å². The average Bonchev–Trinajstić information content (AvgIpc) is 2.79.